The van der Waals surface area contributed by atoms with Gasteiger partial charge in [-0.15, -0.1) is 11.3 Å². The standard InChI is InChI=1S/C29H38N4O3S2/c1-7-22(26(34)32-16-18(2)15-19(3)17-32)37-29-30-25-23(20(4)24(38-25)28(36)31(5)6)27(35)33(29)14-13-21-11-9-8-10-12-21/h8-12,18-19,22H,7,13-17H2,1-6H3/t18-,19+,22-/m0/s1. The molecule has 4 rings (SSSR count). The number of carbonyl (C=O) groups is 2. The van der Waals surface area contributed by atoms with Crippen LogP contribution in [0.5, 0.6) is 0 Å². The molecule has 1 aromatic carbocycles. The Morgan fingerprint density at radius 3 is 2.42 bits per heavy atom. The Hall–Kier alpha value is -2.65. The molecule has 3 aromatic rings. The first-order valence-electron chi connectivity index (χ1n) is 13.4. The minimum Gasteiger partial charge on any atom is -0.344 e. The van der Waals surface area contributed by atoms with Crippen molar-refractivity contribution < 1.29 is 9.59 Å². The van der Waals surface area contributed by atoms with Gasteiger partial charge in [0, 0.05) is 33.7 Å². The van der Waals surface area contributed by atoms with Crippen LogP contribution in [-0.4, -0.2) is 63.6 Å². The molecule has 1 aliphatic rings. The number of aromatic nitrogens is 2. The number of nitrogens with zero attached hydrogens (tertiary/aromatic N) is 4. The SMILES string of the molecule is CC[C@H](Sc1nc2sc(C(=O)N(C)C)c(C)c2c(=O)n1CCc1ccccc1)C(=O)N1C[C@H](C)C[C@H](C)C1. The number of thioether (sulfide) groups is 1. The van der Waals surface area contributed by atoms with Crippen LogP contribution in [0.4, 0.5) is 0 Å². The van der Waals surface area contributed by atoms with Gasteiger partial charge >= 0.3 is 0 Å². The van der Waals surface area contributed by atoms with Gasteiger partial charge in [0.2, 0.25) is 5.91 Å². The summed E-state index contributed by atoms with van der Waals surface area (Å²) in [6.07, 6.45) is 2.44. The quantitative estimate of drug-likeness (QED) is 0.287. The van der Waals surface area contributed by atoms with Crippen molar-refractivity contribution in [3.05, 3.63) is 56.7 Å². The summed E-state index contributed by atoms with van der Waals surface area (Å²) < 4.78 is 1.71. The molecule has 38 heavy (non-hydrogen) atoms. The Bertz CT molecular complexity index is 1360. The molecule has 2 amide bonds. The maximum atomic E-state index is 13.9. The molecule has 1 saturated heterocycles. The Labute approximate surface area is 233 Å². The van der Waals surface area contributed by atoms with E-state index >= 15 is 0 Å². The molecule has 204 valence electrons. The number of amides is 2. The third-order valence-corrected chi connectivity index (χ3v) is 9.67. The molecule has 0 N–H and O–H groups in total. The van der Waals surface area contributed by atoms with Crippen LogP contribution in [0.25, 0.3) is 10.2 Å². The first-order chi connectivity index (χ1) is 18.1. The Kier molecular flexibility index (Phi) is 8.98. The van der Waals surface area contributed by atoms with Crippen LogP contribution in [0.1, 0.15) is 54.4 Å². The number of carbonyl (C=O) groups excluding carboxylic acids is 2. The number of thiophene rings is 1. The number of hydrogen-bond acceptors (Lipinski definition) is 6. The van der Waals surface area contributed by atoms with Crippen molar-refractivity contribution in [1.82, 2.24) is 19.4 Å². The molecule has 9 heteroatoms. The van der Waals surface area contributed by atoms with Crippen LogP contribution >= 0.6 is 23.1 Å². The lowest BCUT2D eigenvalue weighted by molar-refractivity contribution is -0.133. The zero-order valence-electron chi connectivity index (χ0n) is 23.2. The second-order valence-corrected chi connectivity index (χ2v) is 12.9. The average Bonchev–Trinajstić information content (AvgIpc) is 3.21. The van der Waals surface area contributed by atoms with Gasteiger partial charge in [0.25, 0.3) is 11.5 Å². The largest absolute Gasteiger partial charge is 0.344 e. The molecule has 0 spiro atoms. The number of fused-ring (bicyclic) bond motifs is 1. The van der Waals surface area contributed by atoms with Crippen LogP contribution in [-0.2, 0) is 17.8 Å². The zero-order valence-corrected chi connectivity index (χ0v) is 24.8. The topological polar surface area (TPSA) is 75.5 Å². The van der Waals surface area contributed by atoms with Crippen LogP contribution in [0, 0.1) is 18.8 Å². The molecular formula is C29H38N4O3S2. The second kappa shape index (κ2) is 12.0. The fourth-order valence-corrected chi connectivity index (χ4v) is 7.63. The van der Waals surface area contributed by atoms with Crippen LogP contribution in [0.2, 0.25) is 0 Å². The van der Waals surface area contributed by atoms with E-state index in [4.69, 9.17) is 4.98 Å². The van der Waals surface area contributed by atoms with Gasteiger partial charge < -0.3 is 9.80 Å². The second-order valence-electron chi connectivity index (χ2n) is 10.7. The molecule has 0 aliphatic carbocycles. The number of rotatable bonds is 8. The molecule has 3 heterocycles. The third-order valence-electron chi connectivity index (χ3n) is 7.16. The number of likely N-dealkylation sites (tertiary alicyclic amines) is 1. The predicted octanol–water partition coefficient (Wildman–Crippen LogP) is 5.09. The molecule has 3 atom stereocenters. The van der Waals surface area contributed by atoms with E-state index in [0.717, 1.165) is 25.1 Å². The highest BCUT2D eigenvalue weighted by Crippen LogP contribution is 2.33. The van der Waals surface area contributed by atoms with E-state index in [1.54, 1.807) is 18.7 Å². The summed E-state index contributed by atoms with van der Waals surface area (Å²) in [6, 6.07) is 10.0. The lowest BCUT2D eigenvalue weighted by Crippen LogP contribution is -2.46. The van der Waals surface area contributed by atoms with Crippen LogP contribution in [0.3, 0.4) is 0 Å². The van der Waals surface area contributed by atoms with Crippen molar-refractivity contribution in [2.45, 2.75) is 63.9 Å². The number of aryl methyl sites for hydroxylation is 2. The highest BCUT2D eigenvalue weighted by Gasteiger charge is 2.31. The van der Waals surface area contributed by atoms with Crippen LogP contribution in [0.15, 0.2) is 40.3 Å². The smallest absolute Gasteiger partial charge is 0.263 e. The minimum atomic E-state index is -0.330. The van der Waals surface area contributed by atoms with Gasteiger partial charge in [0.1, 0.15) is 4.83 Å². The molecule has 2 aromatic heterocycles. The number of piperidine rings is 1. The van der Waals surface area contributed by atoms with E-state index in [-0.39, 0.29) is 22.6 Å². The predicted molar refractivity (Wildman–Crippen MR) is 156 cm³/mol. The van der Waals surface area contributed by atoms with E-state index in [2.05, 4.69) is 13.8 Å². The normalized spacial score (nSPS) is 18.5. The van der Waals surface area contributed by atoms with Crippen molar-refractivity contribution in [2.24, 2.45) is 11.8 Å². The molecule has 0 saturated carbocycles. The summed E-state index contributed by atoms with van der Waals surface area (Å²) in [7, 11) is 3.41. The molecular weight excluding hydrogens is 516 g/mol. The van der Waals surface area contributed by atoms with Crippen molar-refractivity contribution in [3.63, 3.8) is 0 Å². The maximum Gasteiger partial charge on any atom is 0.263 e. The van der Waals surface area contributed by atoms with Gasteiger partial charge in [-0.2, -0.15) is 0 Å². The summed E-state index contributed by atoms with van der Waals surface area (Å²) >= 11 is 2.64. The van der Waals surface area contributed by atoms with Crippen molar-refractivity contribution in [2.75, 3.05) is 27.2 Å². The van der Waals surface area contributed by atoms with E-state index in [9.17, 15) is 14.4 Å². The van der Waals surface area contributed by atoms with Gasteiger partial charge in [-0.05, 0) is 49.1 Å². The summed E-state index contributed by atoms with van der Waals surface area (Å²) in [4.78, 5) is 49.9. The fourth-order valence-electron chi connectivity index (χ4n) is 5.26. The van der Waals surface area contributed by atoms with Gasteiger partial charge in [0.05, 0.1) is 15.5 Å². The lowest BCUT2D eigenvalue weighted by atomic mass is 9.91. The van der Waals surface area contributed by atoms with E-state index < -0.39 is 0 Å². The first kappa shape index (κ1) is 28.4. The van der Waals surface area contributed by atoms with Gasteiger partial charge in [-0.25, -0.2) is 4.98 Å². The van der Waals surface area contributed by atoms with Crippen LogP contribution < -0.4 is 5.56 Å². The monoisotopic (exact) mass is 554 g/mol. The zero-order chi connectivity index (χ0) is 27.6. The minimum absolute atomic E-state index is 0.116. The van der Waals surface area contributed by atoms with Gasteiger partial charge in [-0.3, -0.25) is 19.0 Å². The maximum absolute atomic E-state index is 13.9. The first-order valence-corrected chi connectivity index (χ1v) is 15.0. The Balaban J connectivity index is 1.74. The Morgan fingerprint density at radius 1 is 1.16 bits per heavy atom. The Morgan fingerprint density at radius 2 is 1.82 bits per heavy atom. The summed E-state index contributed by atoms with van der Waals surface area (Å²) in [6.45, 7) is 10.2. The number of benzene rings is 1. The highest BCUT2D eigenvalue weighted by atomic mass is 32.2. The molecule has 0 bridgehead atoms. The van der Waals surface area contributed by atoms with Crippen molar-refractivity contribution in [1.29, 1.82) is 0 Å². The highest BCUT2D eigenvalue weighted by molar-refractivity contribution is 8.00. The van der Waals surface area contributed by atoms with E-state index in [1.165, 1.54) is 28.0 Å². The van der Waals surface area contributed by atoms with Crippen molar-refractivity contribution >= 4 is 45.1 Å². The molecule has 1 fully saturated rings. The summed E-state index contributed by atoms with van der Waals surface area (Å²) in [5.41, 5.74) is 1.65. The summed E-state index contributed by atoms with van der Waals surface area (Å²) in [5, 5.41) is 0.710. The average molecular weight is 555 g/mol. The van der Waals surface area contributed by atoms with E-state index in [0.29, 0.717) is 57.0 Å². The molecule has 7 nitrogen and oxygen atoms in total. The third kappa shape index (κ3) is 5.99. The van der Waals surface area contributed by atoms with Crippen molar-refractivity contribution in [3.8, 4) is 0 Å². The van der Waals surface area contributed by atoms with Gasteiger partial charge in [0.15, 0.2) is 5.16 Å². The molecule has 1 aliphatic heterocycles. The number of hydrogen-bond donors (Lipinski definition) is 0. The fraction of sp³-hybridized carbons (Fsp3) is 0.517. The van der Waals surface area contributed by atoms with Gasteiger partial charge in [-0.1, -0.05) is 62.9 Å². The molecule has 0 unspecified atom stereocenters. The summed E-state index contributed by atoms with van der Waals surface area (Å²) in [5.74, 6) is 0.937. The molecule has 0 radical (unpaired) electrons. The van der Waals surface area contributed by atoms with E-state index in [1.807, 2.05) is 49.1 Å². The lowest BCUT2D eigenvalue weighted by Gasteiger charge is -2.36.